The number of rotatable bonds is 2. The Labute approximate surface area is 125 Å². The molecule has 5 nitrogen and oxygen atoms in total. The summed E-state index contributed by atoms with van der Waals surface area (Å²) >= 11 is 0. The number of hydrogen-bond donors (Lipinski definition) is 1. The van der Waals surface area contributed by atoms with Crippen LogP contribution in [0.15, 0.2) is 29.2 Å². The zero-order valence-corrected chi connectivity index (χ0v) is 13.0. The lowest BCUT2D eigenvalue weighted by atomic mass is 10.1. The summed E-state index contributed by atoms with van der Waals surface area (Å²) in [6.07, 6.45) is 0. The van der Waals surface area contributed by atoms with Gasteiger partial charge < -0.3 is 9.84 Å². The minimum atomic E-state index is -3.56. The fourth-order valence-electron chi connectivity index (χ4n) is 2.20. The van der Waals surface area contributed by atoms with Gasteiger partial charge in [0.05, 0.1) is 17.1 Å². The summed E-state index contributed by atoms with van der Waals surface area (Å²) in [5.41, 5.74) is 0.0808. The summed E-state index contributed by atoms with van der Waals surface area (Å²) in [6.45, 7) is 4.54. The monoisotopic (exact) mass is 309 g/mol. The van der Waals surface area contributed by atoms with Gasteiger partial charge in [-0.3, -0.25) is 0 Å². The first-order valence-corrected chi connectivity index (χ1v) is 8.13. The molecule has 0 saturated carbocycles. The Morgan fingerprint density at radius 3 is 2.86 bits per heavy atom. The molecule has 0 atom stereocenters. The Hall–Kier alpha value is -1.39. The molecule has 2 rings (SSSR count). The third-order valence-corrected chi connectivity index (χ3v) is 5.02. The van der Waals surface area contributed by atoms with Crippen LogP contribution in [0.25, 0.3) is 0 Å². The topological polar surface area (TPSA) is 66.8 Å². The maximum Gasteiger partial charge on any atom is 0.243 e. The molecule has 1 heterocycles. The molecule has 0 aromatic heterocycles. The van der Waals surface area contributed by atoms with Crippen LogP contribution in [0.2, 0.25) is 0 Å². The molecule has 1 aliphatic heterocycles. The van der Waals surface area contributed by atoms with Crippen molar-refractivity contribution in [3.8, 4) is 11.8 Å². The SMILES string of the molecule is CC1(C)CN(S(=O)(=O)c2cccc(C#CCO)c2)CCO1. The summed E-state index contributed by atoms with van der Waals surface area (Å²) < 4.78 is 32.3. The van der Waals surface area contributed by atoms with Crippen molar-refractivity contribution < 1.29 is 18.3 Å². The number of ether oxygens (including phenoxy) is 1. The van der Waals surface area contributed by atoms with Crippen LogP contribution in [0.5, 0.6) is 0 Å². The average molecular weight is 309 g/mol. The normalized spacial score (nSPS) is 18.8. The van der Waals surface area contributed by atoms with Crippen LogP contribution in [0.4, 0.5) is 0 Å². The Balaban J connectivity index is 2.31. The van der Waals surface area contributed by atoms with Crippen molar-refractivity contribution in [2.24, 2.45) is 0 Å². The minimum Gasteiger partial charge on any atom is -0.384 e. The van der Waals surface area contributed by atoms with Gasteiger partial charge in [0.25, 0.3) is 0 Å². The molecule has 0 unspecified atom stereocenters. The van der Waals surface area contributed by atoms with Gasteiger partial charge in [-0.2, -0.15) is 4.31 Å². The highest BCUT2D eigenvalue weighted by Gasteiger charge is 2.34. The number of aliphatic hydroxyl groups excluding tert-OH is 1. The van der Waals surface area contributed by atoms with Crippen LogP contribution in [0.3, 0.4) is 0 Å². The highest BCUT2D eigenvalue weighted by Crippen LogP contribution is 2.23. The van der Waals surface area contributed by atoms with Crippen LogP contribution in [-0.2, 0) is 14.8 Å². The number of morpholine rings is 1. The lowest BCUT2D eigenvalue weighted by Gasteiger charge is -2.37. The minimum absolute atomic E-state index is 0.213. The van der Waals surface area contributed by atoms with Crippen LogP contribution in [0.1, 0.15) is 19.4 Å². The van der Waals surface area contributed by atoms with E-state index in [0.29, 0.717) is 25.3 Å². The first-order chi connectivity index (χ1) is 9.85. The molecule has 1 saturated heterocycles. The molecule has 114 valence electrons. The van der Waals surface area contributed by atoms with Crippen molar-refractivity contribution >= 4 is 10.0 Å². The smallest absolute Gasteiger partial charge is 0.243 e. The lowest BCUT2D eigenvalue weighted by molar-refractivity contribution is -0.0640. The summed E-state index contributed by atoms with van der Waals surface area (Å²) in [5, 5.41) is 8.70. The van der Waals surface area contributed by atoms with Crippen molar-refractivity contribution in [2.45, 2.75) is 24.3 Å². The lowest BCUT2D eigenvalue weighted by Crippen LogP contribution is -2.50. The van der Waals surface area contributed by atoms with Crippen LogP contribution < -0.4 is 0 Å². The van der Waals surface area contributed by atoms with E-state index in [2.05, 4.69) is 11.8 Å². The number of aliphatic hydroxyl groups is 1. The highest BCUT2D eigenvalue weighted by molar-refractivity contribution is 7.89. The largest absolute Gasteiger partial charge is 0.384 e. The maximum atomic E-state index is 12.7. The first-order valence-electron chi connectivity index (χ1n) is 6.69. The zero-order chi connectivity index (χ0) is 15.5. The molecule has 1 aliphatic rings. The molecular formula is C15H19NO4S. The van der Waals surface area contributed by atoms with E-state index < -0.39 is 15.6 Å². The fourth-order valence-corrected chi connectivity index (χ4v) is 3.82. The van der Waals surface area contributed by atoms with E-state index in [-0.39, 0.29) is 11.5 Å². The van der Waals surface area contributed by atoms with Gasteiger partial charge >= 0.3 is 0 Å². The predicted octanol–water partition coefficient (Wildman–Crippen LogP) is 0.830. The van der Waals surface area contributed by atoms with E-state index in [4.69, 9.17) is 9.84 Å². The van der Waals surface area contributed by atoms with Gasteiger partial charge in [0, 0.05) is 18.7 Å². The molecular weight excluding hydrogens is 290 g/mol. The van der Waals surface area contributed by atoms with E-state index >= 15 is 0 Å². The van der Waals surface area contributed by atoms with Crippen LogP contribution in [0, 0.1) is 11.8 Å². The molecule has 21 heavy (non-hydrogen) atoms. The Morgan fingerprint density at radius 1 is 1.43 bits per heavy atom. The maximum absolute atomic E-state index is 12.7. The summed E-state index contributed by atoms with van der Waals surface area (Å²) in [5.74, 6) is 5.23. The summed E-state index contributed by atoms with van der Waals surface area (Å²) in [7, 11) is -3.56. The molecule has 1 aromatic carbocycles. The van der Waals surface area contributed by atoms with Crippen molar-refractivity contribution in [3.05, 3.63) is 29.8 Å². The highest BCUT2D eigenvalue weighted by atomic mass is 32.2. The van der Waals surface area contributed by atoms with Crippen molar-refractivity contribution in [3.63, 3.8) is 0 Å². The molecule has 1 aromatic rings. The second-order valence-electron chi connectivity index (χ2n) is 5.43. The predicted molar refractivity (Wildman–Crippen MR) is 79.2 cm³/mol. The van der Waals surface area contributed by atoms with Crippen molar-refractivity contribution in [1.82, 2.24) is 4.31 Å². The Kier molecular flexibility index (Phi) is 4.69. The first kappa shape index (κ1) is 16.0. The van der Waals surface area contributed by atoms with E-state index in [1.807, 2.05) is 13.8 Å². The molecule has 0 amide bonds. The van der Waals surface area contributed by atoms with Gasteiger partial charge in [-0.15, -0.1) is 0 Å². The molecule has 6 heteroatoms. The fraction of sp³-hybridized carbons (Fsp3) is 0.467. The van der Waals surface area contributed by atoms with E-state index in [1.54, 1.807) is 18.2 Å². The van der Waals surface area contributed by atoms with Gasteiger partial charge in [0.1, 0.15) is 6.61 Å². The van der Waals surface area contributed by atoms with Gasteiger partial charge in [-0.05, 0) is 32.0 Å². The number of benzene rings is 1. The zero-order valence-electron chi connectivity index (χ0n) is 12.2. The molecule has 0 bridgehead atoms. The van der Waals surface area contributed by atoms with Gasteiger partial charge in [-0.25, -0.2) is 8.42 Å². The quantitative estimate of drug-likeness (QED) is 0.822. The van der Waals surface area contributed by atoms with E-state index in [9.17, 15) is 8.42 Å². The third kappa shape index (κ3) is 3.83. The Morgan fingerprint density at radius 2 is 2.19 bits per heavy atom. The average Bonchev–Trinajstić information content (AvgIpc) is 2.44. The second-order valence-corrected chi connectivity index (χ2v) is 7.37. The Bertz CT molecular complexity index is 670. The van der Waals surface area contributed by atoms with E-state index in [1.165, 1.54) is 10.4 Å². The third-order valence-electron chi connectivity index (χ3n) is 3.17. The summed E-state index contributed by atoms with van der Waals surface area (Å²) in [6, 6.07) is 6.45. The van der Waals surface area contributed by atoms with Crippen LogP contribution in [-0.4, -0.2) is 49.7 Å². The molecule has 0 radical (unpaired) electrons. The molecule has 1 fully saturated rings. The molecule has 0 aliphatic carbocycles. The van der Waals surface area contributed by atoms with Gasteiger partial charge in [0.15, 0.2) is 0 Å². The van der Waals surface area contributed by atoms with Gasteiger partial charge in [-0.1, -0.05) is 17.9 Å². The molecule has 0 spiro atoms. The second kappa shape index (κ2) is 6.16. The van der Waals surface area contributed by atoms with Gasteiger partial charge in [0.2, 0.25) is 10.0 Å². The summed E-state index contributed by atoms with van der Waals surface area (Å²) in [4.78, 5) is 0.213. The van der Waals surface area contributed by atoms with Crippen molar-refractivity contribution in [2.75, 3.05) is 26.3 Å². The number of nitrogens with zero attached hydrogens (tertiary/aromatic N) is 1. The standard InChI is InChI=1S/C15H19NO4S/c1-15(2)12-16(8-10-20-15)21(18,19)14-7-3-5-13(11-14)6-4-9-17/h3,5,7,11,17H,8-10,12H2,1-2H3. The van der Waals surface area contributed by atoms with E-state index in [0.717, 1.165) is 0 Å². The molecule has 1 N–H and O–H groups in total. The van der Waals surface area contributed by atoms with Crippen LogP contribution >= 0.6 is 0 Å². The number of sulfonamides is 1. The van der Waals surface area contributed by atoms with Crippen molar-refractivity contribution in [1.29, 1.82) is 0 Å². The number of hydrogen-bond acceptors (Lipinski definition) is 4.